The molecule has 3 rings (SSSR count). The summed E-state index contributed by atoms with van der Waals surface area (Å²) in [5.74, 6) is 0.668. The molecule has 0 saturated carbocycles. The summed E-state index contributed by atoms with van der Waals surface area (Å²) >= 11 is 1.49. The lowest BCUT2D eigenvalue weighted by Crippen LogP contribution is -2.42. The number of ether oxygens (including phenoxy) is 1. The molecule has 9 heteroatoms. The number of rotatable bonds is 10. The molecule has 1 unspecified atom stereocenters. The van der Waals surface area contributed by atoms with Crippen molar-refractivity contribution in [2.75, 3.05) is 47.4 Å². The Morgan fingerprint density at radius 1 is 1.18 bits per heavy atom. The average Bonchev–Trinajstić information content (AvgIpc) is 3.20. The highest BCUT2D eigenvalue weighted by Gasteiger charge is 2.41. The third-order valence-electron chi connectivity index (χ3n) is 5.94. The molecule has 0 fully saturated rings. The minimum absolute atomic E-state index is 0.0298. The topological polar surface area (TPSA) is 77.5 Å². The van der Waals surface area contributed by atoms with Crippen LogP contribution >= 0.6 is 11.8 Å². The number of fused-ring (bicyclic) bond motifs is 1. The fourth-order valence-electron chi connectivity index (χ4n) is 4.07. The molecule has 1 N–H and O–H groups in total. The molecular weight excluding hydrogens is 450 g/mol. The van der Waals surface area contributed by atoms with Crippen LogP contribution in [0.1, 0.15) is 38.8 Å². The van der Waals surface area contributed by atoms with Crippen LogP contribution in [0.5, 0.6) is 5.75 Å². The number of allylic oxidation sites excluding steroid dienone is 1. The summed E-state index contributed by atoms with van der Waals surface area (Å²) in [6.07, 6.45) is 0.220. The van der Waals surface area contributed by atoms with Gasteiger partial charge in [0.05, 0.1) is 30.8 Å². The Morgan fingerprint density at radius 3 is 2.44 bits per heavy atom. The Kier molecular flexibility index (Phi) is 8.79. The summed E-state index contributed by atoms with van der Waals surface area (Å²) in [7, 11) is 5.58. The van der Waals surface area contributed by atoms with E-state index in [-0.39, 0.29) is 24.3 Å². The van der Waals surface area contributed by atoms with Gasteiger partial charge >= 0.3 is 0 Å². The lowest BCUT2D eigenvalue weighted by Gasteiger charge is -2.38. The van der Waals surface area contributed by atoms with E-state index in [0.717, 1.165) is 28.7 Å². The average molecular weight is 486 g/mol. The first-order chi connectivity index (χ1) is 16.3. The second-order valence-corrected chi connectivity index (χ2v) is 9.31. The highest BCUT2D eigenvalue weighted by Crippen LogP contribution is 2.45. The molecule has 0 aromatic heterocycles. The second-order valence-electron chi connectivity index (χ2n) is 8.47. The van der Waals surface area contributed by atoms with Crippen molar-refractivity contribution < 1.29 is 14.3 Å². The number of amidine groups is 1. The number of nitrogens with zero attached hydrogens (tertiary/aromatic N) is 4. The molecule has 184 valence electrons. The third kappa shape index (κ3) is 5.64. The van der Waals surface area contributed by atoms with E-state index in [1.165, 1.54) is 11.8 Å². The Balaban J connectivity index is 1.97. The van der Waals surface area contributed by atoms with Gasteiger partial charge in [0.1, 0.15) is 5.75 Å². The van der Waals surface area contributed by atoms with Gasteiger partial charge in [-0.05, 0) is 58.0 Å². The van der Waals surface area contributed by atoms with E-state index < -0.39 is 0 Å². The highest BCUT2D eigenvalue weighted by molar-refractivity contribution is 8.16. The van der Waals surface area contributed by atoms with Crippen LogP contribution in [0.4, 0.5) is 0 Å². The zero-order valence-electron chi connectivity index (χ0n) is 20.9. The van der Waals surface area contributed by atoms with Crippen LogP contribution in [0.2, 0.25) is 0 Å². The first-order valence-electron chi connectivity index (χ1n) is 11.6. The third-order valence-corrected chi connectivity index (χ3v) is 6.82. The molecule has 2 aliphatic heterocycles. The van der Waals surface area contributed by atoms with E-state index in [1.54, 1.807) is 7.11 Å². The van der Waals surface area contributed by atoms with Gasteiger partial charge in [-0.25, -0.2) is 4.99 Å². The van der Waals surface area contributed by atoms with Crippen molar-refractivity contribution in [1.29, 1.82) is 0 Å². The molecular formula is C25H35N5O3S. The highest BCUT2D eigenvalue weighted by atomic mass is 32.2. The molecule has 0 radical (unpaired) electrons. The van der Waals surface area contributed by atoms with E-state index in [2.05, 4.69) is 5.32 Å². The first kappa shape index (κ1) is 25.8. The maximum atomic E-state index is 13.6. The summed E-state index contributed by atoms with van der Waals surface area (Å²) in [5.41, 5.74) is 3.13. The van der Waals surface area contributed by atoms with Crippen molar-refractivity contribution in [3.05, 3.63) is 52.2 Å². The maximum absolute atomic E-state index is 13.6. The monoisotopic (exact) mass is 485 g/mol. The summed E-state index contributed by atoms with van der Waals surface area (Å²) in [5, 5.41) is 5.74. The van der Waals surface area contributed by atoms with E-state index in [0.29, 0.717) is 30.9 Å². The lowest BCUT2D eigenvalue weighted by molar-refractivity contribution is -0.127. The Hall–Kier alpha value is -2.78. The van der Waals surface area contributed by atoms with E-state index in [4.69, 9.17) is 9.73 Å². The van der Waals surface area contributed by atoms with Gasteiger partial charge in [0.2, 0.25) is 5.91 Å². The van der Waals surface area contributed by atoms with E-state index >= 15 is 0 Å². The van der Waals surface area contributed by atoms with Crippen LogP contribution in [-0.2, 0) is 9.59 Å². The number of carbonyl (C=O) groups excluding carboxylic acids is 2. The van der Waals surface area contributed by atoms with Gasteiger partial charge in [0.15, 0.2) is 5.17 Å². The summed E-state index contributed by atoms with van der Waals surface area (Å²) in [4.78, 5) is 37.0. The van der Waals surface area contributed by atoms with Crippen LogP contribution in [0, 0.1) is 0 Å². The van der Waals surface area contributed by atoms with Gasteiger partial charge < -0.3 is 24.8 Å². The zero-order valence-corrected chi connectivity index (χ0v) is 21.7. The largest absolute Gasteiger partial charge is 0.497 e. The quantitative estimate of drug-likeness (QED) is 0.548. The van der Waals surface area contributed by atoms with Gasteiger partial charge in [-0.15, -0.1) is 0 Å². The number of methoxy groups -OCH3 is 1. The normalized spacial score (nSPS) is 17.4. The minimum Gasteiger partial charge on any atom is -0.497 e. The van der Waals surface area contributed by atoms with Crippen molar-refractivity contribution in [2.24, 2.45) is 4.99 Å². The van der Waals surface area contributed by atoms with Crippen LogP contribution in [0.25, 0.3) is 0 Å². The van der Waals surface area contributed by atoms with Crippen LogP contribution < -0.4 is 10.1 Å². The van der Waals surface area contributed by atoms with E-state index in [1.807, 2.05) is 79.2 Å². The number of thioether (sulfide) groups is 1. The van der Waals surface area contributed by atoms with Crippen molar-refractivity contribution >= 4 is 28.7 Å². The molecule has 2 heterocycles. The summed E-state index contributed by atoms with van der Waals surface area (Å²) < 4.78 is 5.34. The van der Waals surface area contributed by atoms with Crippen molar-refractivity contribution in [2.45, 2.75) is 33.2 Å². The van der Waals surface area contributed by atoms with Crippen LogP contribution in [0.15, 0.2) is 51.6 Å². The standard InChI is InChI=1S/C25H35N5O3S/c1-7-29(8-2)24(32)22-17(3)27-25-30(23(22)18-9-11-20(33-6)12-10-18)19(16-34-25)15-21(31)26-13-14-28(4)5/h9-12,16,23H,7-8,13-15H2,1-6H3,(H,26,31). The summed E-state index contributed by atoms with van der Waals surface area (Å²) in [6, 6.07) is 7.38. The molecule has 1 aromatic rings. The Morgan fingerprint density at radius 2 is 1.85 bits per heavy atom. The number of likely N-dealkylation sites (N-methyl/N-ethyl adjacent to an activating group) is 2. The number of nitrogens with one attached hydrogen (secondary N) is 1. The molecule has 0 aliphatic carbocycles. The van der Waals surface area contributed by atoms with Crippen molar-refractivity contribution in [1.82, 2.24) is 20.0 Å². The lowest BCUT2D eigenvalue weighted by atomic mass is 9.92. The number of hydrogen-bond donors (Lipinski definition) is 1. The molecule has 2 amide bonds. The number of aliphatic imine (C=N–C) groups is 1. The molecule has 1 aromatic carbocycles. The minimum atomic E-state index is -0.373. The molecule has 0 saturated heterocycles. The number of amides is 2. The SMILES string of the molecule is CCN(CC)C(=O)C1=C(C)N=C2SC=C(CC(=O)NCCN(C)C)N2C1c1ccc(OC)cc1. The van der Waals surface area contributed by atoms with Crippen molar-refractivity contribution in [3.8, 4) is 5.75 Å². The van der Waals surface area contributed by atoms with Gasteiger partial charge in [-0.3, -0.25) is 9.59 Å². The first-order valence-corrected chi connectivity index (χ1v) is 12.5. The molecule has 1 atom stereocenters. The fraction of sp³-hybridized carbons (Fsp3) is 0.480. The smallest absolute Gasteiger partial charge is 0.254 e. The van der Waals surface area contributed by atoms with Gasteiger partial charge in [0.25, 0.3) is 5.91 Å². The second kappa shape index (κ2) is 11.6. The zero-order chi connectivity index (χ0) is 24.8. The number of benzene rings is 1. The number of hydrogen-bond acceptors (Lipinski definition) is 7. The van der Waals surface area contributed by atoms with Gasteiger partial charge in [0, 0.05) is 31.9 Å². The van der Waals surface area contributed by atoms with E-state index in [9.17, 15) is 9.59 Å². The molecule has 34 heavy (non-hydrogen) atoms. The molecule has 2 aliphatic rings. The number of carbonyl (C=O) groups is 2. The molecule has 8 nitrogen and oxygen atoms in total. The Labute approximate surface area is 206 Å². The maximum Gasteiger partial charge on any atom is 0.254 e. The summed E-state index contributed by atoms with van der Waals surface area (Å²) in [6.45, 7) is 8.44. The molecule has 0 spiro atoms. The predicted molar refractivity (Wildman–Crippen MR) is 137 cm³/mol. The fourth-order valence-corrected chi connectivity index (χ4v) is 5.04. The van der Waals surface area contributed by atoms with Crippen molar-refractivity contribution in [3.63, 3.8) is 0 Å². The van der Waals surface area contributed by atoms with Gasteiger partial charge in [-0.2, -0.15) is 0 Å². The van der Waals surface area contributed by atoms with Crippen LogP contribution in [-0.4, -0.2) is 79.1 Å². The Bertz CT molecular complexity index is 996. The molecule has 0 bridgehead atoms. The van der Waals surface area contributed by atoms with Gasteiger partial charge in [-0.1, -0.05) is 23.9 Å². The predicted octanol–water partition coefficient (Wildman–Crippen LogP) is 3.21. The van der Waals surface area contributed by atoms with Crippen LogP contribution in [0.3, 0.4) is 0 Å².